The number of anilines is 1. The van der Waals surface area contributed by atoms with Crippen LogP contribution >= 0.6 is 23.1 Å². The molecule has 0 atom stereocenters. The van der Waals surface area contributed by atoms with Crippen LogP contribution in [-0.4, -0.2) is 49.2 Å². The molecule has 1 aromatic carbocycles. The molecule has 0 aliphatic carbocycles. The van der Waals surface area contributed by atoms with Gasteiger partial charge in [0.05, 0.1) is 19.4 Å². The van der Waals surface area contributed by atoms with Gasteiger partial charge in [-0.1, -0.05) is 35.2 Å². The minimum absolute atomic E-state index is 0.0696. The number of nitrogens with zero attached hydrogens (tertiary/aromatic N) is 2. The quantitative estimate of drug-likeness (QED) is 0.525. The van der Waals surface area contributed by atoms with Crippen molar-refractivity contribution in [2.45, 2.75) is 4.34 Å². The summed E-state index contributed by atoms with van der Waals surface area (Å²) in [5.74, 6) is 1.56. The standard InChI is InChI=1S/C14H18N4O3S2/c1-15-13-17-18-14(23-13)22-9-12(19)16-7-8-21-11-6-4-3-5-10(11)20-2/h3-6H,7-9H2,1-2H3,(H,15,17)(H,16,19). The highest BCUT2D eigenvalue weighted by Gasteiger charge is 2.07. The summed E-state index contributed by atoms with van der Waals surface area (Å²) in [7, 11) is 3.37. The normalized spacial score (nSPS) is 10.2. The van der Waals surface area contributed by atoms with Gasteiger partial charge in [-0.25, -0.2) is 0 Å². The summed E-state index contributed by atoms with van der Waals surface area (Å²) < 4.78 is 11.5. The van der Waals surface area contributed by atoms with E-state index in [1.807, 2.05) is 24.3 Å². The number of hydrogen-bond acceptors (Lipinski definition) is 8. The van der Waals surface area contributed by atoms with Gasteiger partial charge < -0.3 is 20.1 Å². The molecule has 0 saturated heterocycles. The van der Waals surface area contributed by atoms with E-state index in [9.17, 15) is 4.79 Å². The first kappa shape index (κ1) is 17.4. The SMILES string of the molecule is CNc1nnc(SCC(=O)NCCOc2ccccc2OC)s1. The number of nitrogens with one attached hydrogen (secondary N) is 2. The Morgan fingerprint density at radius 3 is 2.78 bits per heavy atom. The zero-order chi connectivity index (χ0) is 16.5. The minimum Gasteiger partial charge on any atom is -0.493 e. The Balaban J connectivity index is 1.64. The van der Waals surface area contributed by atoms with E-state index in [-0.39, 0.29) is 5.91 Å². The molecule has 1 amide bonds. The molecule has 0 aliphatic heterocycles. The number of ether oxygens (including phenoxy) is 2. The smallest absolute Gasteiger partial charge is 0.230 e. The fourth-order valence-corrected chi connectivity index (χ4v) is 3.17. The van der Waals surface area contributed by atoms with Crippen LogP contribution in [0.25, 0.3) is 0 Å². The largest absolute Gasteiger partial charge is 0.493 e. The summed E-state index contributed by atoms with van der Waals surface area (Å²) in [6, 6.07) is 7.39. The van der Waals surface area contributed by atoms with Crippen molar-refractivity contribution < 1.29 is 14.3 Å². The Labute approximate surface area is 142 Å². The first-order valence-electron chi connectivity index (χ1n) is 6.89. The Morgan fingerprint density at radius 2 is 2.09 bits per heavy atom. The molecule has 23 heavy (non-hydrogen) atoms. The molecule has 0 bridgehead atoms. The molecule has 0 radical (unpaired) electrons. The van der Waals surface area contributed by atoms with E-state index in [0.29, 0.717) is 30.4 Å². The van der Waals surface area contributed by atoms with Crippen molar-refractivity contribution in [2.75, 3.05) is 38.4 Å². The number of hydrogen-bond donors (Lipinski definition) is 2. The van der Waals surface area contributed by atoms with E-state index in [0.717, 1.165) is 9.47 Å². The van der Waals surface area contributed by atoms with Crippen molar-refractivity contribution in [2.24, 2.45) is 0 Å². The van der Waals surface area contributed by atoms with Gasteiger partial charge in [-0.05, 0) is 12.1 Å². The lowest BCUT2D eigenvalue weighted by Gasteiger charge is -2.10. The van der Waals surface area contributed by atoms with E-state index in [4.69, 9.17) is 9.47 Å². The highest BCUT2D eigenvalue weighted by molar-refractivity contribution is 8.01. The van der Waals surface area contributed by atoms with Crippen LogP contribution in [0.4, 0.5) is 5.13 Å². The average Bonchev–Trinajstić information content (AvgIpc) is 3.05. The Kier molecular flexibility index (Phi) is 6.95. The second-order valence-electron chi connectivity index (χ2n) is 4.26. The van der Waals surface area contributed by atoms with Crippen molar-refractivity contribution in [3.05, 3.63) is 24.3 Å². The second-order valence-corrected chi connectivity index (χ2v) is 6.46. The minimum atomic E-state index is -0.0696. The molecule has 1 aromatic heterocycles. The van der Waals surface area contributed by atoms with Gasteiger partial charge in [-0.2, -0.15) is 0 Å². The van der Waals surface area contributed by atoms with Gasteiger partial charge in [0.2, 0.25) is 11.0 Å². The van der Waals surface area contributed by atoms with Crippen LogP contribution in [-0.2, 0) is 4.79 Å². The van der Waals surface area contributed by atoms with Crippen molar-refractivity contribution >= 4 is 34.1 Å². The molecule has 2 N–H and O–H groups in total. The lowest BCUT2D eigenvalue weighted by atomic mass is 10.3. The summed E-state index contributed by atoms with van der Waals surface area (Å²) >= 11 is 2.77. The maximum absolute atomic E-state index is 11.8. The van der Waals surface area contributed by atoms with Gasteiger partial charge in [-0.3, -0.25) is 4.79 Å². The van der Waals surface area contributed by atoms with Gasteiger partial charge in [-0.15, -0.1) is 10.2 Å². The zero-order valence-electron chi connectivity index (χ0n) is 12.9. The van der Waals surface area contributed by atoms with Crippen molar-refractivity contribution in [3.8, 4) is 11.5 Å². The third kappa shape index (κ3) is 5.61. The maximum atomic E-state index is 11.8. The third-order valence-electron chi connectivity index (χ3n) is 2.70. The van der Waals surface area contributed by atoms with E-state index >= 15 is 0 Å². The van der Waals surface area contributed by atoms with Crippen LogP contribution < -0.4 is 20.1 Å². The molecule has 2 aromatic rings. The molecule has 0 unspecified atom stereocenters. The molecule has 2 rings (SSSR count). The lowest BCUT2D eigenvalue weighted by Crippen LogP contribution is -2.29. The number of carbonyl (C=O) groups excluding carboxylic acids is 1. The molecule has 0 saturated carbocycles. The fraction of sp³-hybridized carbons (Fsp3) is 0.357. The molecular weight excluding hydrogens is 336 g/mol. The van der Waals surface area contributed by atoms with Crippen LogP contribution in [0.2, 0.25) is 0 Å². The Morgan fingerprint density at radius 1 is 1.30 bits per heavy atom. The van der Waals surface area contributed by atoms with E-state index in [1.54, 1.807) is 14.2 Å². The number of methoxy groups -OCH3 is 1. The predicted octanol–water partition coefficient (Wildman–Crippen LogP) is 1.88. The summed E-state index contributed by atoms with van der Waals surface area (Å²) in [5, 5.41) is 14.3. The molecule has 7 nitrogen and oxygen atoms in total. The number of thioether (sulfide) groups is 1. The van der Waals surface area contributed by atoms with Gasteiger partial charge in [0.1, 0.15) is 6.61 Å². The van der Waals surface area contributed by atoms with Gasteiger partial charge >= 0.3 is 0 Å². The Hall–Kier alpha value is -2.00. The molecule has 9 heteroatoms. The van der Waals surface area contributed by atoms with Crippen molar-refractivity contribution in [1.82, 2.24) is 15.5 Å². The molecule has 0 aliphatic rings. The first-order valence-corrected chi connectivity index (χ1v) is 8.69. The van der Waals surface area contributed by atoms with Crippen LogP contribution in [0, 0.1) is 0 Å². The van der Waals surface area contributed by atoms with Gasteiger partial charge in [0.15, 0.2) is 15.8 Å². The zero-order valence-corrected chi connectivity index (χ0v) is 14.5. The highest BCUT2D eigenvalue weighted by Crippen LogP contribution is 2.26. The number of para-hydroxylation sites is 2. The molecular formula is C14H18N4O3S2. The van der Waals surface area contributed by atoms with E-state index in [1.165, 1.54) is 23.1 Å². The third-order valence-corrected chi connectivity index (χ3v) is 4.77. The van der Waals surface area contributed by atoms with Crippen LogP contribution in [0.3, 0.4) is 0 Å². The summed E-state index contributed by atoms with van der Waals surface area (Å²) in [5.41, 5.74) is 0. The van der Waals surface area contributed by atoms with Gasteiger partial charge in [0.25, 0.3) is 0 Å². The molecule has 1 heterocycles. The summed E-state index contributed by atoms with van der Waals surface area (Å²) in [6.45, 7) is 0.800. The molecule has 0 fully saturated rings. The lowest BCUT2D eigenvalue weighted by molar-refractivity contribution is -0.118. The number of carbonyl (C=O) groups is 1. The van der Waals surface area contributed by atoms with E-state index < -0.39 is 0 Å². The monoisotopic (exact) mass is 354 g/mol. The first-order chi connectivity index (χ1) is 11.2. The molecule has 0 spiro atoms. The van der Waals surface area contributed by atoms with E-state index in [2.05, 4.69) is 20.8 Å². The van der Waals surface area contributed by atoms with Crippen molar-refractivity contribution in [1.29, 1.82) is 0 Å². The summed E-state index contributed by atoms with van der Waals surface area (Å²) in [6.07, 6.45) is 0. The second kappa shape index (κ2) is 9.21. The highest BCUT2D eigenvalue weighted by atomic mass is 32.2. The fourth-order valence-electron chi connectivity index (χ4n) is 1.64. The number of amides is 1. The average molecular weight is 354 g/mol. The van der Waals surface area contributed by atoms with Gasteiger partial charge in [0, 0.05) is 7.05 Å². The number of benzene rings is 1. The van der Waals surface area contributed by atoms with Crippen LogP contribution in [0.1, 0.15) is 0 Å². The molecule has 124 valence electrons. The van der Waals surface area contributed by atoms with Crippen LogP contribution in [0.5, 0.6) is 11.5 Å². The maximum Gasteiger partial charge on any atom is 0.230 e. The summed E-state index contributed by atoms with van der Waals surface area (Å²) in [4.78, 5) is 11.8. The van der Waals surface area contributed by atoms with Crippen LogP contribution in [0.15, 0.2) is 28.6 Å². The Bertz CT molecular complexity index is 636. The number of rotatable bonds is 9. The number of aromatic nitrogens is 2. The van der Waals surface area contributed by atoms with Crippen molar-refractivity contribution in [3.63, 3.8) is 0 Å². The predicted molar refractivity (Wildman–Crippen MR) is 91.7 cm³/mol. The topological polar surface area (TPSA) is 85.4 Å².